The molecule has 1 N–H and O–H groups in total. The number of anilines is 1. The molecule has 0 unspecified atom stereocenters. The third kappa shape index (κ3) is 6.49. The van der Waals surface area contributed by atoms with Gasteiger partial charge in [-0.05, 0) is 61.0 Å². The Hall–Kier alpha value is -4.85. The van der Waals surface area contributed by atoms with Crippen molar-refractivity contribution in [3.05, 3.63) is 117 Å². The summed E-state index contributed by atoms with van der Waals surface area (Å²) in [5.41, 5.74) is -3.41. The Kier molecular flexibility index (Phi) is 7.79. The number of hydrogen-bond donors (Lipinski definition) is 1. The Morgan fingerprint density at radius 3 is 2.22 bits per heavy atom. The van der Waals surface area contributed by atoms with E-state index in [9.17, 15) is 45.3 Å². The number of amides is 1. The molecular formula is C27H17F5N2O6S. The van der Waals surface area contributed by atoms with E-state index in [2.05, 4.69) is 5.32 Å². The van der Waals surface area contributed by atoms with Crippen LogP contribution in [0.15, 0.2) is 83.8 Å². The van der Waals surface area contributed by atoms with Crippen molar-refractivity contribution in [1.82, 2.24) is 0 Å². The van der Waals surface area contributed by atoms with E-state index in [0.717, 1.165) is 35.9 Å². The molecular weight excluding hydrogens is 575 g/mol. The number of aryl methyl sites for hydroxylation is 1. The maximum atomic E-state index is 14.5. The zero-order valence-electron chi connectivity index (χ0n) is 20.7. The normalized spacial score (nSPS) is 11.7. The summed E-state index contributed by atoms with van der Waals surface area (Å²) in [6.45, 7) is 1.72. The van der Waals surface area contributed by atoms with Gasteiger partial charge < -0.3 is 9.50 Å². The second kappa shape index (κ2) is 11.0. The largest absolute Gasteiger partial charge is 0.423 e. The van der Waals surface area contributed by atoms with Gasteiger partial charge >= 0.3 is 16.3 Å². The van der Waals surface area contributed by atoms with Crippen molar-refractivity contribution < 1.29 is 44.3 Å². The molecule has 1 amide bonds. The maximum Gasteiger partial charge on any atom is 0.423 e. The van der Waals surface area contributed by atoms with Crippen LogP contribution in [0.5, 0.6) is 5.75 Å². The fourth-order valence-electron chi connectivity index (χ4n) is 3.74. The minimum Gasteiger partial charge on any atom is -0.378 e. The first-order valence-corrected chi connectivity index (χ1v) is 12.8. The average molecular weight is 592 g/mol. The van der Waals surface area contributed by atoms with Gasteiger partial charge in [-0.25, -0.2) is 8.78 Å². The van der Waals surface area contributed by atoms with E-state index in [1.165, 1.54) is 30.3 Å². The van der Waals surface area contributed by atoms with Crippen LogP contribution in [0.4, 0.5) is 33.3 Å². The van der Waals surface area contributed by atoms with E-state index in [4.69, 9.17) is 4.18 Å². The summed E-state index contributed by atoms with van der Waals surface area (Å²) in [5, 5.41) is 13.2. The number of carbonyl (C=O) groups excluding carboxylic acids is 1. The van der Waals surface area contributed by atoms with Crippen LogP contribution < -0.4 is 9.50 Å². The monoisotopic (exact) mass is 592 g/mol. The topological polar surface area (TPSA) is 116 Å². The molecule has 0 saturated carbocycles. The number of hydrogen-bond acceptors (Lipinski definition) is 6. The number of benzene rings is 4. The first-order valence-electron chi connectivity index (χ1n) is 11.4. The smallest absolute Gasteiger partial charge is 0.378 e. The van der Waals surface area contributed by atoms with Crippen molar-refractivity contribution in [2.75, 3.05) is 5.32 Å². The van der Waals surface area contributed by atoms with Gasteiger partial charge in [0.05, 0.1) is 10.5 Å². The first kappa shape index (κ1) is 29.1. The molecule has 0 atom stereocenters. The molecule has 0 aliphatic carbocycles. The molecule has 4 aromatic carbocycles. The van der Waals surface area contributed by atoms with Crippen LogP contribution in [0.2, 0.25) is 0 Å². The van der Waals surface area contributed by atoms with Crippen LogP contribution in [0.3, 0.4) is 0 Å². The second-order valence-corrected chi connectivity index (χ2v) is 10.2. The van der Waals surface area contributed by atoms with Crippen molar-refractivity contribution in [2.45, 2.75) is 18.0 Å². The quantitative estimate of drug-likeness (QED) is 0.108. The van der Waals surface area contributed by atoms with E-state index >= 15 is 0 Å². The lowest BCUT2D eigenvalue weighted by atomic mass is 10.0. The highest BCUT2D eigenvalue weighted by molar-refractivity contribution is 7.87. The molecule has 41 heavy (non-hydrogen) atoms. The molecule has 0 bridgehead atoms. The van der Waals surface area contributed by atoms with Gasteiger partial charge in [0, 0.05) is 23.4 Å². The summed E-state index contributed by atoms with van der Waals surface area (Å²) in [5.74, 6) is -3.65. The van der Waals surface area contributed by atoms with Gasteiger partial charge in [0.1, 0.15) is 22.1 Å². The van der Waals surface area contributed by atoms with Crippen LogP contribution in [0, 0.1) is 28.7 Å². The summed E-state index contributed by atoms with van der Waals surface area (Å²) in [4.78, 5) is 22.8. The highest BCUT2D eigenvalue weighted by Crippen LogP contribution is 2.38. The van der Waals surface area contributed by atoms with E-state index in [-0.39, 0.29) is 16.0 Å². The Labute approximate surface area is 229 Å². The molecule has 0 aliphatic heterocycles. The summed E-state index contributed by atoms with van der Waals surface area (Å²) in [7, 11) is -4.52. The van der Waals surface area contributed by atoms with E-state index in [0.29, 0.717) is 18.2 Å². The molecule has 8 nitrogen and oxygen atoms in total. The molecule has 0 heterocycles. The number of carbonyl (C=O) groups is 1. The second-order valence-electron chi connectivity index (χ2n) is 8.63. The predicted octanol–water partition coefficient (Wildman–Crippen LogP) is 6.89. The molecule has 14 heteroatoms. The Morgan fingerprint density at radius 1 is 0.927 bits per heavy atom. The van der Waals surface area contributed by atoms with Gasteiger partial charge in [-0.15, -0.1) is 0 Å². The minimum atomic E-state index is -5.14. The molecule has 4 rings (SSSR count). The zero-order valence-corrected chi connectivity index (χ0v) is 21.5. The SMILES string of the molecule is Cc1ccc(S(=O)(=O)Oc2ccc(-c3ccc(F)cc3F)cc2C(=O)Nc2ccc([N+](=O)[O-])c(C(F)(F)F)c2)cc1. The highest BCUT2D eigenvalue weighted by atomic mass is 32.2. The van der Waals surface area contributed by atoms with Gasteiger partial charge in [0.15, 0.2) is 5.75 Å². The van der Waals surface area contributed by atoms with Gasteiger partial charge in [-0.1, -0.05) is 23.8 Å². The Balaban J connectivity index is 1.79. The van der Waals surface area contributed by atoms with Crippen LogP contribution in [-0.2, 0) is 16.3 Å². The highest BCUT2D eigenvalue weighted by Gasteiger charge is 2.38. The van der Waals surface area contributed by atoms with Crippen LogP contribution in [0.25, 0.3) is 11.1 Å². The number of halogens is 5. The van der Waals surface area contributed by atoms with Crippen molar-refractivity contribution in [3.63, 3.8) is 0 Å². The van der Waals surface area contributed by atoms with Crippen LogP contribution in [-0.4, -0.2) is 19.2 Å². The van der Waals surface area contributed by atoms with E-state index in [1.54, 1.807) is 6.92 Å². The average Bonchev–Trinajstić information content (AvgIpc) is 2.88. The van der Waals surface area contributed by atoms with Crippen LogP contribution in [0.1, 0.15) is 21.5 Å². The predicted molar refractivity (Wildman–Crippen MR) is 137 cm³/mol. The number of alkyl halides is 3. The molecule has 0 fully saturated rings. The lowest BCUT2D eigenvalue weighted by Gasteiger charge is -2.15. The zero-order chi connectivity index (χ0) is 30.1. The van der Waals surface area contributed by atoms with Gasteiger partial charge in [-0.3, -0.25) is 14.9 Å². The minimum absolute atomic E-state index is 0.0209. The van der Waals surface area contributed by atoms with E-state index in [1.807, 2.05) is 0 Å². The molecule has 0 spiro atoms. The van der Waals surface area contributed by atoms with Gasteiger partial charge in [0.25, 0.3) is 11.6 Å². The fraction of sp³-hybridized carbons (Fsp3) is 0.0741. The van der Waals surface area contributed by atoms with Crippen LogP contribution >= 0.6 is 0 Å². The number of nitro groups is 1. The number of nitrogens with one attached hydrogen (secondary N) is 1. The molecule has 212 valence electrons. The van der Waals surface area contributed by atoms with Gasteiger partial charge in [-0.2, -0.15) is 21.6 Å². The molecule has 0 aliphatic rings. The summed E-state index contributed by atoms with van der Waals surface area (Å²) >= 11 is 0. The Bertz CT molecular complexity index is 1770. The van der Waals surface area contributed by atoms with Gasteiger partial charge in [0.2, 0.25) is 0 Å². The van der Waals surface area contributed by atoms with Crippen molar-refractivity contribution in [2.24, 2.45) is 0 Å². The lowest BCUT2D eigenvalue weighted by molar-refractivity contribution is -0.388. The number of nitrogens with zero attached hydrogens (tertiary/aromatic N) is 1. The van der Waals surface area contributed by atoms with Crippen molar-refractivity contribution in [1.29, 1.82) is 0 Å². The fourth-order valence-corrected chi connectivity index (χ4v) is 4.69. The number of rotatable bonds is 7. The summed E-state index contributed by atoms with van der Waals surface area (Å²) < 4.78 is 99.2. The van der Waals surface area contributed by atoms with Crippen molar-refractivity contribution >= 4 is 27.4 Å². The Morgan fingerprint density at radius 2 is 1.61 bits per heavy atom. The summed E-state index contributed by atoms with van der Waals surface area (Å²) in [6.07, 6.45) is -5.14. The standard InChI is InChI=1S/C27H17F5N2O6S/c1-15-2-7-19(8-3-15)41(38,39)40-25-11-4-16(20-9-5-17(28)13-23(20)29)12-21(25)26(35)33-18-6-10-24(34(36)37)22(14-18)27(30,31)32/h2-14H,1H3,(H,33,35). The third-order valence-corrected chi connectivity index (χ3v) is 6.98. The van der Waals surface area contributed by atoms with E-state index < -0.39 is 67.0 Å². The van der Waals surface area contributed by atoms with Crippen molar-refractivity contribution in [3.8, 4) is 16.9 Å². The maximum absolute atomic E-state index is 14.5. The molecule has 4 aromatic rings. The molecule has 0 aromatic heterocycles. The molecule has 0 radical (unpaired) electrons. The number of nitro benzene ring substituents is 1. The summed E-state index contributed by atoms with van der Waals surface area (Å²) in [6, 6.07) is 13.0. The first-order chi connectivity index (χ1) is 19.2. The third-order valence-electron chi connectivity index (χ3n) is 5.73. The molecule has 0 saturated heterocycles. The lowest BCUT2D eigenvalue weighted by Crippen LogP contribution is -2.17.